The molecule has 0 heterocycles. The molecule has 86 valence electrons. The van der Waals surface area contributed by atoms with Gasteiger partial charge in [0.25, 0.3) is 0 Å². The number of nitrogens with two attached hydrogens (primary N) is 1. The first kappa shape index (κ1) is 12.6. The quantitative estimate of drug-likeness (QED) is 0.773. The first-order valence-electron chi connectivity index (χ1n) is 4.83. The Balaban J connectivity index is 3.11. The molecule has 0 aliphatic rings. The fourth-order valence-electron chi connectivity index (χ4n) is 1.28. The molecule has 0 aliphatic carbocycles. The second-order valence-electron chi connectivity index (χ2n) is 3.31. The SMILES string of the molecule is C#CC(CC)Nc1ccccc1S(N)(=O)=O. The summed E-state index contributed by atoms with van der Waals surface area (Å²) < 4.78 is 22.6. The topological polar surface area (TPSA) is 72.2 Å². The minimum Gasteiger partial charge on any atom is -0.370 e. The van der Waals surface area contributed by atoms with Crippen molar-refractivity contribution in [2.24, 2.45) is 5.14 Å². The van der Waals surface area contributed by atoms with Crippen LogP contribution in [0.1, 0.15) is 13.3 Å². The van der Waals surface area contributed by atoms with Crippen LogP contribution in [0.2, 0.25) is 0 Å². The summed E-state index contributed by atoms with van der Waals surface area (Å²) in [5.74, 6) is 2.53. The number of rotatable bonds is 4. The Morgan fingerprint density at radius 3 is 2.62 bits per heavy atom. The maximum Gasteiger partial charge on any atom is 0.240 e. The van der Waals surface area contributed by atoms with Crippen LogP contribution in [-0.4, -0.2) is 14.5 Å². The third-order valence-electron chi connectivity index (χ3n) is 2.13. The zero-order valence-electron chi connectivity index (χ0n) is 8.97. The van der Waals surface area contributed by atoms with Gasteiger partial charge in [0, 0.05) is 0 Å². The zero-order chi connectivity index (χ0) is 12.2. The first-order valence-corrected chi connectivity index (χ1v) is 6.38. The molecule has 16 heavy (non-hydrogen) atoms. The summed E-state index contributed by atoms with van der Waals surface area (Å²) in [6, 6.07) is 6.21. The average Bonchev–Trinajstić information content (AvgIpc) is 2.25. The van der Waals surface area contributed by atoms with E-state index in [4.69, 9.17) is 11.6 Å². The van der Waals surface area contributed by atoms with E-state index in [-0.39, 0.29) is 10.9 Å². The number of anilines is 1. The van der Waals surface area contributed by atoms with Gasteiger partial charge in [-0.25, -0.2) is 13.6 Å². The Hall–Kier alpha value is -1.51. The fraction of sp³-hybridized carbons (Fsp3) is 0.273. The maximum absolute atomic E-state index is 11.3. The third kappa shape index (κ3) is 2.99. The van der Waals surface area contributed by atoms with Crippen molar-refractivity contribution in [2.45, 2.75) is 24.3 Å². The number of hydrogen-bond donors (Lipinski definition) is 2. The standard InChI is InChI=1S/C11H14N2O2S/c1-3-9(4-2)13-10-7-5-6-8-11(10)16(12,14)15/h1,5-9,13H,4H2,2H3,(H2,12,14,15). The molecular formula is C11H14N2O2S. The Morgan fingerprint density at radius 2 is 2.12 bits per heavy atom. The van der Waals surface area contributed by atoms with Crippen molar-refractivity contribution in [3.05, 3.63) is 24.3 Å². The molecule has 0 amide bonds. The lowest BCUT2D eigenvalue weighted by Gasteiger charge is -2.14. The van der Waals surface area contributed by atoms with Crippen LogP contribution >= 0.6 is 0 Å². The van der Waals surface area contributed by atoms with Gasteiger partial charge in [-0.05, 0) is 18.6 Å². The number of para-hydroxylation sites is 1. The van der Waals surface area contributed by atoms with E-state index in [9.17, 15) is 8.42 Å². The van der Waals surface area contributed by atoms with Crippen LogP contribution in [0.5, 0.6) is 0 Å². The zero-order valence-corrected chi connectivity index (χ0v) is 9.79. The number of terminal acetylenes is 1. The van der Waals surface area contributed by atoms with E-state index in [1.54, 1.807) is 18.2 Å². The molecule has 0 bridgehead atoms. The van der Waals surface area contributed by atoms with Gasteiger partial charge in [-0.15, -0.1) is 6.42 Å². The summed E-state index contributed by atoms with van der Waals surface area (Å²) >= 11 is 0. The third-order valence-corrected chi connectivity index (χ3v) is 3.10. The van der Waals surface area contributed by atoms with Crippen LogP contribution < -0.4 is 10.5 Å². The van der Waals surface area contributed by atoms with Crippen molar-refractivity contribution in [3.8, 4) is 12.3 Å². The van der Waals surface area contributed by atoms with E-state index in [1.807, 2.05) is 6.92 Å². The number of sulfonamides is 1. The van der Waals surface area contributed by atoms with Gasteiger partial charge in [-0.1, -0.05) is 25.0 Å². The summed E-state index contributed by atoms with van der Waals surface area (Å²) in [6.07, 6.45) is 6.00. The molecule has 5 heteroatoms. The van der Waals surface area contributed by atoms with Gasteiger partial charge in [0.15, 0.2) is 0 Å². The van der Waals surface area contributed by atoms with Crippen LogP contribution in [0.4, 0.5) is 5.69 Å². The lowest BCUT2D eigenvalue weighted by Crippen LogP contribution is -2.20. The summed E-state index contributed by atoms with van der Waals surface area (Å²) in [7, 11) is -3.73. The van der Waals surface area contributed by atoms with Crippen LogP contribution in [0.15, 0.2) is 29.2 Å². The van der Waals surface area contributed by atoms with Crippen LogP contribution in [0.25, 0.3) is 0 Å². The van der Waals surface area contributed by atoms with Crippen LogP contribution in [0.3, 0.4) is 0 Å². The summed E-state index contributed by atoms with van der Waals surface area (Å²) in [4.78, 5) is 0.0590. The highest BCUT2D eigenvalue weighted by Crippen LogP contribution is 2.20. The van der Waals surface area contributed by atoms with Gasteiger partial charge in [-0.3, -0.25) is 0 Å². The second kappa shape index (κ2) is 5.01. The van der Waals surface area contributed by atoms with E-state index in [1.165, 1.54) is 6.07 Å². The van der Waals surface area contributed by atoms with Gasteiger partial charge in [0.2, 0.25) is 10.0 Å². The summed E-state index contributed by atoms with van der Waals surface area (Å²) in [5.41, 5.74) is 0.440. The smallest absolute Gasteiger partial charge is 0.240 e. The molecule has 4 nitrogen and oxygen atoms in total. The minimum atomic E-state index is -3.73. The number of nitrogens with one attached hydrogen (secondary N) is 1. The summed E-state index contributed by atoms with van der Waals surface area (Å²) in [5, 5.41) is 8.05. The Bertz CT molecular complexity index is 503. The van der Waals surface area contributed by atoms with Crippen molar-refractivity contribution in [1.82, 2.24) is 0 Å². The molecule has 1 aromatic carbocycles. The highest BCUT2D eigenvalue weighted by atomic mass is 32.2. The summed E-state index contributed by atoms with van der Waals surface area (Å²) in [6.45, 7) is 1.91. The van der Waals surface area contributed by atoms with Crippen LogP contribution in [-0.2, 0) is 10.0 Å². The molecule has 0 saturated heterocycles. The van der Waals surface area contributed by atoms with Gasteiger partial charge < -0.3 is 5.32 Å². The molecule has 0 aliphatic heterocycles. The normalized spacial score (nSPS) is 12.8. The van der Waals surface area contributed by atoms with E-state index < -0.39 is 10.0 Å². The number of hydrogen-bond acceptors (Lipinski definition) is 3. The molecule has 0 fully saturated rings. The number of benzene rings is 1. The molecule has 0 saturated carbocycles. The molecule has 1 rings (SSSR count). The highest BCUT2D eigenvalue weighted by Gasteiger charge is 2.14. The lowest BCUT2D eigenvalue weighted by molar-refractivity contribution is 0.598. The van der Waals surface area contributed by atoms with E-state index in [0.717, 1.165) is 0 Å². The molecule has 0 aromatic heterocycles. The van der Waals surface area contributed by atoms with Crippen LogP contribution in [0, 0.1) is 12.3 Å². The highest BCUT2D eigenvalue weighted by molar-refractivity contribution is 7.89. The Morgan fingerprint density at radius 1 is 1.50 bits per heavy atom. The van der Waals surface area contributed by atoms with Crippen molar-refractivity contribution in [2.75, 3.05) is 5.32 Å². The maximum atomic E-state index is 11.3. The van der Waals surface area contributed by atoms with Gasteiger partial charge in [0.1, 0.15) is 4.90 Å². The van der Waals surface area contributed by atoms with Gasteiger partial charge in [-0.2, -0.15) is 0 Å². The lowest BCUT2D eigenvalue weighted by atomic mass is 10.2. The van der Waals surface area contributed by atoms with E-state index in [2.05, 4.69) is 11.2 Å². The molecular weight excluding hydrogens is 224 g/mol. The van der Waals surface area contributed by atoms with Crippen molar-refractivity contribution in [3.63, 3.8) is 0 Å². The molecule has 3 N–H and O–H groups in total. The van der Waals surface area contributed by atoms with E-state index >= 15 is 0 Å². The molecule has 0 radical (unpaired) electrons. The fourth-order valence-corrected chi connectivity index (χ4v) is 1.99. The minimum absolute atomic E-state index is 0.0590. The van der Waals surface area contributed by atoms with Crippen molar-refractivity contribution in [1.29, 1.82) is 0 Å². The predicted octanol–water partition coefficient (Wildman–Crippen LogP) is 1.16. The van der Waals surface area contributed by atoms with Crippen molar-refractivity contribution >= 4 is 15.7 Å². The average molecular weight is 238 g/mol. The molecule has 1 unspecified atom stereocenters. The molecule has 1 aromatic rings. The Labute approximate surface area is 95.9 Å². The Kier molecular flexibility index (Phi) is 3.93. The van der Waals surface area contributed by atoms with Crippen molar-refractivity contribution < 1.29 is 8.42 Å². The van der Waals surface area contributed by atoms with E-state index in [0.29, 0.717) is 12.1 Å². The monoisotopic (exact) mass is 238 g/mol. The molecule has 0 spiro atoms. The van der Waals surface area contributed by atoms with Gasteiger partial charge >= 0.3 is 0 Å². The number of primary sulfonamides is 1. The predicted molar refractivity (Wildman–Crippen MR) is 64.3 cm³/mol. The largest absolute Gasteiger partial charge is 0.370 e. The second-order valence-corrected chi connectivity index (χ2v) is 4.84. The molecule has 1 atom stereocenters. The first-order chi connectivity index (χ1) is 7.49. The van der Waals surface area contributed by atoms with Gasteiger partial charge in [0.05, 0.1) is 11.7 Å².